The number of rotatable bonds is 2. The topological polar surface area (TPSA) is 15.8 Å². The molecule has 0 amide bonds. The van der Waals surface area contributed by atoms with E-state index in [9.17, 15) is 0 Å². The van der Waals surface area contributed by atoms with Gasteiger partial charge in [0.25, 0.3) is 0 Å². The summed E-state index contributed by atoms with van der Waals surface area (Å²) in [6, 6.07) is 19.5. The van der Waals surface area contributed by atoms with E-state index >= 15 is 0 Å². The SMILES string of the molecule is CC1C=C(C2CC(c3ccccc3)=Cc3[nH]c4ccccc4c32)C=CC1. The molecule has 3 aromatic rings. The summed E-state index contributed by atoms with van der Waals surface area (Å²) in [4.78, 5) is 3.67. The van der Waals surface area contributed by atoms with Crippen molar-refractivity contribution < 1.29 is 0 Å². The Labute approximate surface area is 154 Å². The molecule has 0 saturated carbocycles. The van der Waals surface area contributed by atoms with Gasteiger partial charge in [-0.25, -0.2) is 0 Å². The van der Waals surface area contributed by atoms with Gasteiger partial charge in [0, 0.05) is 22.5 Å². The van der Waals surface area contributed by atoms with Crippen LogP contribution in [0.3, 0.4) is 0 Å². The molecule has 128 valence electrons. The summed E-state index contributed by atoms with van der Waals surface area (Å²) in [5.74, 6) is 1.04. The van der Waals surface area contributed by atoms with Crippen molar-refractivity contribution in [2.75, 3.05) is 0 Å². The van der Waals surface area contributed by atoms with Crippen LogP contribution >= 0.6 is 0 Å². The molecule has 0 saturated heterocycles. The third kappa shape index (κ3) is 2.55. The highest BCUT2D eigenvalue weighted by atomic mass is 14.7. The first-order valence-corrected chi connectivity index (χ1v) is 9.54. The van der Waals surface area contributed by atoms with Crippen molar-refractivity contribution in [1.82, 2.24) is 4.98 Å². The van der Waals surface area contributed by atoms with Gasteiger partial charge in [-0.1, -0.05) is 73.7 Å². The fourth-order valence-corrected chi connectivity index (χ4v) is 4.47. The predicted molar refractivity (Wildman–Crippen MR) is 111 cm³/mol. The second-order valence-electron chi connectivity index (χ2n) is 7.57. The molecule has 2 unspecified atom stereocenters. The normalized spacial score (nSPS) is 22.0. The number of nitrogens with one attached hydrogen (secondary N) is 1. The monoisotopic (exact) mass is 337 g/mol. The van der Waals surface area contributed by atoms with E-state index < -0.39 is 0 Å². The van der Waals surface area contributed by atoms with Gasteiger partial charge in [-0.3, -0.25) is 0 Å². The summed E-state index contributed by atoms with van der Waals surface area (Å²) in [6.07, 6.45) is 11.7. The predicted octanol–water partition coefficient (Wildman–Crippen LogP) is 6.72. The molecular formula is C25H23N. The highest BCUT2D eigenvalue weighted by Crippen LogP contribution is 2.46. The lowest BCUT2D eigenvalue weighted by molar-refractivity contribution is 0.705. The van der Waals surface area contributed by atoms with Crippen molar-refractivity contribution >= 4 is 22.6 Å². The highest BCUT2D eigenvalue weighted by molar-refractivity contribution is 5.95. The van der Waals surface area contributed by atoms with Gasteiger partial charge in [-0.05, 0) is 53.2 Å². The number of H-pyrrole nitrogens is 1. The molecule has 0 bridgehead atoms. The average Bonchev–Trinajstić information content (AvgIpc) is 3.06. The lowest BCUT2D eigenvalue weighted by Gasteiger charge is -2.27. The molecule has 5 rings (SSSR count). The fraction of sp³-hybridized carbons (Fsp3) is 0.200. The quantitative estimate of drug-likeness (QED) is 0.534. The van der Waals surface area contributed by atoms with E-state index in [-0.39, 0.29) is 0 Å². The molecular weight excluding hydrogens is 314 g/mol. The van der Waals surface area contributed by atoms with Crippen molar-refractivity contribution in [1.29, 1.82) is 0 Å². The van der Waals surface area contributed by atoms with Gasteiger partial charge >= 0.3 is 0 Å². The minimum Gasteiger partial charge on any atom is -0.355 e. The summed E-state index contributed by atoms with van der Waals surface area (Å²) < 4.78 is 0. The van der Waals surface area contributed by atoms with E-state index in [0.717, 1.165) is 12.8 Å². The van der Waals surface area contributed by atoms with E-state index in [4.69, 9.17) is 0 Å². The summed E-state index contributed by atoms with van der Waals surface area (Å²) >= 11 is 0. The Balaban J connectivity index is 1.71. The number of fused-ring (bicyclic) bond motifs is 3. The Morgan fingerprint density at radius 2 is 1.77 bits per heavy atom. The van der Waals surface area contributed by atoms with E-state index in [1.165, 1.54) is 38.9 Å². The Morgan fingerprint density at radius 3 is 2.62 bits per heavy atom. The van der Waals surface area contributed by atoms with Crippen molar-refractivity contribution in [2.45, 2.75) is 25.7 Å². The van der Waals surface area contributed by atoms with Crippen LogP contribution in [0.1, 0.15) is 42.5 Å². The van der Waals surface area contributed by atoms with Crippen LogP contribution < -0.4 is 0 Å². The van der Waals surface area contributed by atoms with E-state index in [2.05, 4.69) is 90.8 Å². The molecule has 0 spiro atoms. The van der Waals surface area contributed by atoms with E-state index in [1.54, 1.807) is 0 Å². The Bertz CT molecular complexity index is 1050. The lowest BCUT2D eigenvalue weighted by Crippen LogP contribution is -2.11. The average molecular weight is 337 g/mol. The van der Waals surface area contributed by atoms with Crippen LogP contribution in [0, 0.1) is 5.92 Å². The van der Waals surface area contributed by atoms with Crippen LogP contribution in [0.15, 0.2) is 78.4 Å². The van der Waals surface area contributed by atoms with Crippen molar-refractivity contribution in [2.24, 2.45) is 5.92 Å². The van der Waals surface area contributed by atoms with Crippen molar-refractivity contribution in [3.8, 4) is 0 Å². The van der Waals surface area contributed by atoms with Crippen LogP contribution in [0.5, 0.6) is 0 Å². The van der Waals surface area contributed by atoms with Gasteiger partial charge in [0.2, 0.25) is 0 Å². The molecule has 0 aliphatic heterocycles. The summed E-state index contributed by atoms with van der Waals surface area (Å²) in [6.45, 7) is 2.32. The first kappa shape index (κ1) is 15.5. The van der Waals surface area contributed by atoms with E-state index in [1.807, 2.05) is 0 Å². The molecule has 1 heterocycles. The van der Waals surface area contributed by atoms with Crippen LogP contribution in [0.4, 0.5) is 0 Å². The highest BCUT2D eigenvalue weighted by Gasteiger charge is 2.28. The summed E-state index contributed by atoms with van der Waals surface area (Å²) in [5.41, 5.74) is 8.19. The van der Waals surface area contributed by atoms with Crippen molar-refractivity contribution in [3.05, 3.63) is 95.2 Å². The summed E-state index contributed by atoms with van der Waals surface area (Å²) in [5, 5.41) is 1.36. The summed E-state index contributed by atoms with van der Waals surface area (Å²) in [7, 11) is 0. The van der Waals surface area contributed by atoms with Crippen LogP contribution in [-0.2, 0) is 0 Å². The number of aromatic nitrogens is 1. The second kappa shape index (κ2) is 6.17. The number of para-hydroxylation sites is 1. The molecule has 1 heteroatoms. The first-order valence-electron chi connectivity index (χ1n) is 9.54. The standard InChI is InChI=1S/C25H23N/c1-17-8-7-11-19(14-17)22-15-20(18-9-3-2-4-10-18)16-24-25(22)21-12-5-6-13-23(21)26-24/h2-7,9-14,16-17,22,26H,8,15H2,1H3. The molecule has 1 N–H and O–H groups in total. The van der Waals surface area contributed by atoms with Gasteiger partial charge in [0.05, 0.1) is 0 Å². The Kier molecular flexibility index (Phi) is 3.67. The smallest absolute Gasteiger partial charge is 0.0461 e. The van der Waals surface area contributed by atoms with Gasteiger partial charge in [0.15, 0.2) is 0 Å². The molecule has 1 aromatic heterocycles. The van der Waals surface area contributed by atoms with Crippen LogP contribution in [0.25, 0.3) is 22.6 Å². The Morgan fingerprint density at radius 1 is 0.962 bits per heavy atom. The maximum Gasteiger partial charge on any atom is 0.0461 e. The number of hydrogen-bond acceptors (Lipinski definition) is 0. The molecule has 2 atom stereocenters. The molecule has 2 aliphatic rings. The minimum absolute atomic E-state index is 0.417. The molecule has 2 aliphatic carbocycles. The fourth-order valence-electron chi connectivity index (χ4n) is 4.47. The third-order valence-electron chi connectivity index (χ3n) is 5.71. The number of allylic oxidation sites excluding steroid dienone is 5. The number of benzene rings is 2. The Hall–Kier alpha value is -2.80. The third-order valence-corrected chi connectivity index (χ3v) is 5.71. The van der Waals surface area contributed by atoms with Gasteiger partial charge in [0.1, 0.15) is 0 Å². The maximum absolute atomic E-state index is 3.67. The molecule has 0 fully saturated rings. The molecule has 2 aromatic carbocycles. The number of aromatic amines is 1. The van der Waals surface area contributed by atoms with E-state index in [0.29, 0.717) is 11.8 Å². The zero-order valence-corrected chi connectivity index (χ0v) is 15.1. The minimum atomic E-state index is 0.417. The first-order chi connectivity index (χ1) is 12.8. The van der Waals surface area contributed by atoms with Crippen LogP contribution in [-0.4, -0.2) is 4.98 Å². The maximum atomic E-state index is 3.67. The van der Waals surface area contributed by atoms with Crippen LogP contribution in [0.2, 0.25) is 0 Å². The largest absolute Gasteiger partial charge is 0.355 e. The second-order valence-corrected chi connectivity index (χ2v) is 7.57. The zero-order valence-electron chi connectivity index (χ0n) is 15.1. The lowest BCUT2D eigenvalue weighted by atomic mass is 9.76. The zero-order chi connectivity index (χ0) is 17.5. The molecule has 26 heavy (non-hydrogen) atoms. The molecule has 0 radical (unpaired) electrons. The van der Waals surface area contributed by atoms with Gasteiger partial charge in [-0.15, -0.1) is 0 Å². The number of hydrogen-bond donors (Lipinski definition) is 1. The van der Waals surface area contributed by atoms with Gasteiger partial charge < -0.3 is 4.98 Å². The van der Waals surface area contributed by atoms with Crippen molar-refractivity contribution in [3.63, 3.8) is 0 Å². The molecule has 1 nitrogen and oxygen atoms in total. The van der Waals surface area contributed by atoms with Gasteiger partial charge in [-0.2, -0.15) is 0 Å².